The summed E-state index contributed by atoms with van der Waals surface area (Å²) in [7, 11) is 1.63. The van der Waals surface area contributed by atoms with Crippen molar-refractivity contribution in [3.8, 4) is 5.75 Å². The fraction of sp³-hybridized carbons (Fsp3) is 0.444. The van der Waals surface area contributed by atoms with E-state index >= 15 is 0 Å². The largest absolute Gasteiger partial charge is 0.497 e. The number of hydrazone groups is 1. The number of carbonyl (C=O) groups excluding carboxylic acids is 2. The lowest BCUT2D eigenvalue weighted by Crippen LogP contribution is -2.46. The van der Waals surface area contributed by atoms with Crippen molar-refractivity contribution in [1.82, 2.24) is 14.8 Å². The van der Waals surface area contributed by atoms with Gasteiger partial charge in [0.25, 0.3) is 5.91 Å². The van der Waals surface area contributed by atoms with Crippen LogP contribution in [0.15, 0.2) is 53.6 Å². The quantitative estimate of drug-likeness (QED) is 0.513. The van der Waals surface area contributed by atoms with Crippen molar-refractivity contribution >= 4 is 29.1 Å². The van der Waals surface area contributed by atoms with Crippen LogP contribution in [0.2, 0.25) is 5.02 Å². The fourth-order valence-corrected chi connectivity index (χ4v) is 4.61. The standard InChI is InChI=1S/C27H33ClN4O4/c1-3-26(33)31(13-12-30-14-16-36-17-15-30)19-27(34)32-25(21-4-8-22(28)9-5-21)18-24(29-32)20-6-10-23(35-2)11-7-20/h4-11,25H,3,12-19H2,1-2H3. The summed E-state index contributed by atoms with van der Waals surface area (Å²) >= 11 is 6.11. The average Bonchev–Trinajstić information content (AvgIpc) is 3.37. The van der Waals surface area contributed by atoms with Gasteiger partial charge in [0, 0.05) is 44.0 Å². The van der Waals surface area contributed by atoms with Crippen molar-refractivity contribution in [2.45, 2.75) is 25.8 Å². The predicted octanol–water partition coefficient (Wildman–Crippen LogP) is 3.60. The molecule has 1 saturated heterocycles. The lowest BCUT2D eigenvalue weighted by atomic mass is 9.98. The van der Waals surface area contributed by atoms with Gasteiger partial charge in [-0.15, -0.1) is 0 Å². The molecule has 0 bridgehead atoms. The maximum Gasteiger partial charge on any atom is 0.262 e. The SMILES string of the molecule is CCC(=O)N(CCN1CCOCC1)CC(=O)N1N=C(c2ccc(OC)cc2)CC1c1ccc(Cl)cc1. The number of morpholine rings is 1. The number of hydrogen-bond donors (Lipinski definition) is 0. The van der Waals surface area contributed by atoms with Gasteiger partial charge in [-0.05, 0) is 47.5 Å². The number of amides is 2. The van der Waals surface area contributed by atoms with E-state index in [1.165, 1.54) is 5.01 Å². The third-order valence-corrected chi connectivity index (χ3v) is 6.87. The summed E-state index contributed by atoms with van der Waals surface area (Å²) in [4.78, 5) is 30.2. The van der Waals surface area contributed by atoms with Gasteiger partial charge in [0.2, 0.25) is 5.91 Å². The van der Waals surface area contributed by atoms with Gasteiger partial charge in [-0.2, -0.15) is 5.10 Å². The summed E-state index contributed by atoms with van der Waals surface area (Å²) in [5.74, 6) is 0.508. The Bertz CT molecular complexity index is 1070. The van der Waals surface area contributed by atoms with Crippen molar-refractivity contribution < 1.29 is 19.1 Å². The first-order valence-corrected chi connectivity index (χ1v) is 12.7. The zero-order valence-electron chi connectivity index (χ0n) is 20.9. The highest BCUT2D eigenvalue weighted by Crippen LogP contribution is 2.34. The molecule has 9 heteroatoms. The molecule has 0 spiro atoms. The number of benzene rings is 2. The van der Waals surface area contributed by atoms with Crippen LogP contribution in [0.3, 0.4) is 0 Å². The maximum absolute atomic E-state index is 13.6. The van der Waals surface area contributed by atoms with Gasteiger partial charge in [-0.3, -0.25) is 14.5 Å². The number of rotatable bonds is 9. The van der Waals surface area contributed by atoms with Crippen molar-refractivity contribution in [2.24, 2.45) is 5.10 Å². The van der Waals surface area contributed by atoms with Gasteiger partial charge in [0.05, 0.1) is 32.1 Å². The smallest absolute Gasteiger partial charge is 0.262 e. The Labute approximate surface area is 217 Å². The minimum absolute atomic E-state index is 0.0134. The highest BCUT2D eigenvalue weighted by atomic mass is 35.5. The Morgan fingerprint density at radius 3 is 2.44 bits per heavy atom. The number of hydrogen-bond acceptors (Lipinski definition) is 6. The van der Waals surface area contributed by atoms with E-state index in [0.717, 1.165) is 35.7 Å². The molecule has 0 aromatic heterocycles. The average molecular weight is 513 g/mol. The number of carbonyl (C=O) groups is 2. The van der Waals surface area contributed by atoms with Crippen LogP contribution in [0.4, 0.5) is 0 Å². The molecule has 36 heavy (non-hydrogen) atoms. The molecular formula is C27H33ClN4O4. The third kappa shape index (κ3) is 6.43. The predicted molar refractivity (Wildman–Crippen MR) is 139 cm³/mol. The lowest BCUT2D eigenvalue weighted by Gasteiger charge is -2.31. The van der Waals surface area contributed by atoms with Crippen LogP contribution in [-0.2, 0) is 14.3 Å². The summed E-state index contributed by atoms with van der Waals surface area (Å²) < 4.78 is 10.7. The first kappa shape index (κ1) is 26.1. The minimum atomic E-state index is -0.273. The number of halogens is 1. The molecule has 8 nitrogen and oxygen atoms in total. The van der Waals surface area contributed by atoms with Crippen molar-refractivity contribution in [2.75, 3.05) is 53.0 Å². The molecule has 2 aliphatic rings. The first-order chi connectivity index (χ1) is 17.5. The lowest BCUT2D eigenvalue weighted by molar-refractivity contribution is -0.141. The molecule has 2 amide bonds. The number of methoxy groups -OCH3 is 1. The van der Waals surface area contributed by atoms with Gasteiger partial charge in [-0.25, -0.2) is 5.01 Å². The molecule has 1 unspecified atom stereocenters. The molecule has 0 radical (unpaired) electrons. The Morgan fingerprint density at radius 2 is 1.81 bits per heavy atom. The van der Waals surface area contributed by atoms with Crippen LogP contribution < -0.4 is 4.74 Å². The first-order valence-electron chi connectivity index (χ1n) is 12.4. The summed E-state index contributed by atoms with van der Waals surface area (Å²) in [6, 6.07) is 14.9. The zero-order chi connectivity index (χ0) is 25.5. The number of ether oxygens (including phenoxy) is 2. The zero-order valence-corrected chi connectivity index (χ0v) is 21.6. The Morgan fingerprint density at radius 1 is 1.11 bits per heavy atom. The molecule has 2 heterocycles. The van der Waals surface area contributed by atoms with Crippen molar-refractivity contribution in [3.05, 3.63) is 64.7 Å². The fourth-order valence-electron chi connectivity index (χ4n) is 4.48. The Kier molecular flexibility index (Phi) is 8.96. The van der Waals surface area contributed by atoms with Gasteiger partial charge < -0.3 is 14.4 Å². The molecule has 2 aliphatic heterocycles. The molecule has 4 rings (SSSR count). The second-order valence-electron chi connectivity index (χ2n) is 8.91. The maximum atomic E-state index is 13.6. The molecule has 2 aromatic carbocycles. The molecule has 0 aliphatic carbocycles. The molecular weight excluding hydrogens is 480 g/mol. The summed E-state index contributed by atoms with van der Waals surface area (Å²) in [5.41, 5.74) is 2.69. The van der Waals surface area contributed by atoms with Crippen LogP contribution in [0, 0.1) is 0 Å². The summed E-state index contributed by atoms with van der Waals surface area (Å²) in [5, 5.41) is 6.91. The Hall–Kier alpha value is -2.94. The Balaban J connectivity index is 1.54. The summed E-state index contributed by atoms with van der Waals surface area (Å²) in [6.45, 7) is 6.07. The summed E-state index contributed by atoms with van der Waals surface area (Å²) in [6.07, 6.45) is 0.909. The van der Waals surface area contributed by atoms with E-state index in [9.17, 15) is 9.59 Å². The van der Waals surface area contributed by atoms with E-state index in [2.05, 4.69) is 4.90 Å². The molecule has 1 atom stereocenters. The van der Waals surface area contributed by atoms with Gasteiger partial charge in [-0.1, -0.05) is 30.7 Å². The van der Waals surface area contributed by atoms with Crippen LogP contribution >= 0.6 is 11.6 Å². The van der Waals surface area contributed by atoms with Crippen LogP contribution in [-0.4, -0.2) is 85.4 Å². The molecule has 1 fully saturated rings. The second-order valence-corrected chi connectivity index (χ2v) is 9.34. The van der Waals surface area contributed by atoms with Crippen molar-refractivity contribution in [3.63, 3.8) is 0 Å². The minimum Gasteiger partial charge on any atom is -0.497 e. The normalized spacial score (nSPS) is 18.1. The highest BCUT2D eigenvalue weighted by molar-refractivity contribution is 6.30. The second kappa shape index (κ2) is 12.3. The van der Waals surface area contributed by atoms with Crippen molar-refractivity contribution in [1.29, 1.82) is 0 Å². The van der Waals surface area contributed by atoms with Gasteiger partial charge in [0.1, 0.15) is 12.3 Å². The number of nitrogens with zero attached hydrogens (tertiary/aromatic N) is 4. The van der Waals surface area contributed by atoms with E-state index in [4.69, 9.17) is 26.2 Å². The van der Waals surface area contributed by atoms with Gasteiger partial charge >= 0.3 is 0 Å². The van der Waals surface area contributed by atoms with Crippen LogP contribution in [0.1, 0.15) is 36.9 Å². The molecule has 2 aromatic rings. The van der Waals surface area contributed by atoms with E-state index in [-0.39, 0.29) is 24.4 Å². The van der Waals surface area contributed by atoms with Crippen LogP contribution in [0.5, 0.6) is 5.75 Å². The molecule has 0 saturated carbocycles. The topological polar surface area (TPSA) is 74.7 Å². The van der Waals surface area contributed by atoms with E-state index < -0.39 is 0 Å². The van der Waals surface area contributed by atoms with Crippen LogP contribution in [0.25, 0.3) is 0 Å². The van der Waals surface area contributed by atoms with E-state index in [1.54, 1.807) is 12.0 Å². The highest BCUT2D eigenvalue weighted by Gasteiger charge is 2.34. The molecule has 192 valence electrons. The monoisotopic (exact) mass is 512 g/mol. The van der Waals surface area contributed by atoms with Gasteiger partial charge in [0.15, 0.2) is 0 Å². The van der Waals surface area contributed by atoms with E-state index in [1.807, 2.05) is 55.5 Å². The third-order valence-electron chi connectivity index (χ3n) is 6.62. The van der Waals surface area contributed by atoms with E-state index in [0.29, 0.717) is 44.2 Å². The molecule has 0 N–H and O–H groups in total.